The third-order valence-corrected chi connectivity index (χ3v) is 9.17. The van der Waals surface area contributed by atoms with E-state index in [0.717, 1.165) is 5.56 Å². The molecule has 0 spiro atoms. The monoisotopic (exact) mass is 546 g/mol. The van der Waals surface area contributed by atoms with Gasteiger partial charge in [-0.3, -0.25) is 4.79 Å². The predicted octanol–water partition coefficient (Wildman–Crippen LogP) is 5.54. The fraction of sp³-hybridized carbons (Fsp3) is 0.296. The number of carbonyl (C=O) groups excluding carboxylic acids is 1. The summed E-state index contributed by atoms with van der Waals surface area (Å²) in [5, 5.41) is 0.178. The molecule has 0 saturated heterocycles. The molecule has 9 heteroatoms. The van der Waals surface area contributed by atoms with E-state index >= 15 is 0 Å². The third kappa shape index (κ3) is 5.86. The van der Waals surface area contributed by atoms with Crippen LogP contribution in [0.3, 0.4) is 0 Å². The molecular formula is C27H28Cl2N2O4S. The van der Waals surface area contributed by atoms with Gasteiger partial charge in [0.05, 0.1) is 21.7 Å². The van der Waals surface area contributed by atoms with Crippen LogP contribution in [0.15, 0.2) is 77.7 Å². The van der Waals surface area contributed by atoms with Crippen molar-refractivity contribution < 1.29 is 17.9 Å². The fourth-order valence-electron chi connectivity index (χ4n) is 4.32. The van der Waals surface area contributed by atoms with E-state index in [-0.39, 0.29) is 34.0 Å². The highest BCUT2D eigenvalue weighted by Gasteiger charge is 2.34. The summed E-state index contributed by atoms with van der Waals surface area (Å²) in [4.78, 5) is 14.6. The number of hydrogen-bond donors (Lipinski definition) is 0. The van der Waals surface area contributed by atoms with Crippen LogP contribution < -0.4 is 4.74 Å². The van der Waals surface area contributed by atoms with Crippen molar-refractivity contribution in [2.45, 2.75) is 30.2 Å². The highest BCUT2D eigenvalue weighted by atomic mass is 35.5. The molecule has 0 N–H and O–H groups in total. The lowest BCUT2D eigenvalue weighted by Gasteiger charge is -2.32. The van der Waals surface area contributed by atoms with E-state index in [1.165, 1.54) is 10.4 Å². The van der Waals surface area contributed by atoms with Crippen LogP contribution in [0.5, 0.6) is 5.75 Å². The Morgan fingerprint density at radius 2 is 1.61 bits per heavy atom. The van der Waals surface area contributed by atoms with E-state index < -0.39 is 16.1 Å². The predicted molar refractivity (Wildman–Crippen MR) is 142 cm³/mol. The molecule has 0 radical (unpaired) electrons. The Bertz CT molecular complexity index is 1320. The molecular weight excluding hydrogens is 519 g/mol. The van der Waals surface area contributed by atoms with Crippen molar-refractivity contribution in [2.75, 3.05) is 26.7 Å². The minimum absolute atomic E-state index is 0.000313. The van der Waals surface area contributed by atoms with Gasteiger partial charge in [0.2, 0.25) is 10.0 Å². The highest BCUT2D eigenvalue weighted by Crippen LogP contribution is 2.33. The van der Waals surface area contributed by atoms with Gasteiger partial charge >= 0.3 is 0 Å². The number of sulfonamides is 1. The summed E-state index contributed by atoms with van der Waals surface area (Å²) >= 11 is 12.6. The first-order valence-corrected chi connectivity index (χ1v) is 14.0. The number of nitrogens with zero attached hydrogens (tertiary/aromatic N) is 2. The molecule has 6 nitrogen and oxygen atoms in total. The topological polar surface area (TPSA) is 66.9 Å². The van der Waals surface area contributed by atoms with Gasteiger partial charge in [-0.2, -0.15) is 4.31 Å². The quantitative estimate of drug-likeness (QED) is 0.430. The van der Waals surface area contributed by atoms with Gasteiger partial charge in [0, 0.05) is 20.1 Å². The number of para-hydroxylation sites is 1. The SMILES string of the molecule is CN1CCCCN(S(=O)(=O)c2cccc(Cl)c2Cl)[C@@H](Cc2ccccc2)COc2ccccc2C1=O. The number of halogens is 2. The Kier molecular flexibility index (Phi) is 8.57. The number of amides is 1. The second-order valence-electron chi connectivity index (χ2n) is 8.75. The van der Waals surface area contributed by atoms with Crippen LogP contribution in [-0.2, 0) is 16.4 Å². The first-order valence-electron chi connectivity index (χ1n) is 11.8. The van der Waals surface area contributed by atoms with Crippen LogP contribution in [-0.4, -0.2) is 56.3 Å². The van der Waals surface area contributed by atoms with E-state index in [4.69, 9.17) is 27.9 Å². The lowest BCUT2D eigenvalue weighted by Crippen LogP contribution is -2.46. The number of rotatable bonds is 4. The molecule has 0 aromatic heterocycles. The fourth-order valence-corrected chi connectivity index (χ4v) is 6.70. The van der Waals surface area contributed by atoms with E-state index in [9.17, 15) is 13.2 Å². The Labute approximate surface area is 222 Å². The van der Waals surface area contributed by atoms with E-state index in [0.29, 0.717) is 37.1 Å². The molecule has 0 saturated carbocycles. The van der Waals surface area contributed by atoms with Crippen LogP contribution in [0.25, 0.3) is 0 Å². The average molecular weight is 548 g/mol. The molecule has 0 bridgehead atoms. The molecule has 1 aliphatic heterocycles. The first kappa shape index (κ1) is 26.5. The van der Waals surface area contributed by atoms with Crippen molar-refractivity contribution in [3.05, 3.63) is 94.0 Å². The van der Waals surface area contributed by atoms with E-state index in [1.54, 1.807) is 48.3 Å². The summed E-state index contributed by atoms with van der Waals surface area (Å²) < 4.78 is 35.6. The van der Waals surface area contributed by atoms with Crippen molar-refractivity contribution in [1.29, 1.82) is 0 Å². The largest absolute Gasteiger partial charge is 0.491 e. The molecule has 1 heterocycles. The first-order chi connectivity index (χ1) is 17.3. The second kappa shape index (κ2) is 11.6. The molecule has 3 aromatic carbocycles. The smallest absolute Gasteiger partial charge is 0.257 e. The van der Waals surface area contributed by atoms with Crippen molar-refractivity contribution in [1.82, 2.24) is 9.21 Å². The van der Waals surface area contributed by atoms with Crippen molar-refractivity contribution in [3.63, 3.8) is 0 Å². The number of carbonyl (C=O) groups is 1. The van der Waals surface area contributed by atoms with Gasteiger partial charge < -0.3 is 9.64 Å². The second-order valence-corrected chi connectivity index (χ2v) is 11.4. The minimum Gasteiger partial charge on any atom is -0.491 e. The van der Waals surface area contributed by atoms with Gasteiger partial charge in [-0.15, -0.1) is 0 Å². The van der Waals surface area contributed by atoms with Crippen molar-refractivity contribution >= 4 is 39.1 Å². The van der Waals surface area contributed by atoms with Gasteiger partial charge in [0.1, 0.15) is 17.3 Å². The van der Waals surface area contributed by atoms with Gasteiger partial charge in [0.25, 0.3) is 5.91 Å². The molecule has 0 unspecified atom stereocenters. The van der Waals surface area contributed by atoms with E-state index in [1.807, 2.05) is 30.3 Å². The standard InChI is InChI=1S/C27H28Cl2N2O4S/c1-30-16-7-8-17-31(36(33,34)25-15-9-13-23(28)26(25)29)21(18-20-10-3-2-4-11-20)19-35-24-14-6-5-12-22(24)27(30)32/h2-6,9-15,21H,7-8,16-19H2,1H3/t21-/m0/s1. The van der Waals surface area contributed by atoms with Crippen LogP contribution in [0.1, 0.15) is 28.8 Å². The zero-order chi connectivity index (χ0) is 25.7. The lowest BCUT2D eigenvalue weighted by molar-refractivity contribution is 0.0781. The molecule has 0 aliphatic carbocycles. The van der Waals surface area contributed by atoms with Crippen LogP contribution in [0, 0.1) is 0 Å². The van der Waals surface area contributed by atoms with Gasteiger partial charge in [-0.05, 0) is 49.1 Å². The Balaban J connectivity index is 1.78. The summed E-state index contributed by atoms with van der Waals surface area (Å²) in [5.74, 6) is 0.298. The van der Waals surface area contributed by atoms with E-state index in [2.05, 4.69) is 0 Å². The number of ether oxygens (including phenoxy) is 1. The Morgan fingerprint density at radius 3 is 2.39 bits per heavy atom. The van der Waals surface area contributed by atoms with Gasteiger partial charge in [0.15, 0.2) is 0 Å². The summed E-state index contributed by atoms with van der Waals surface area (Å²) in [6.07, 6.45) is 1.62. The molecule has 1 aliphatic rings. The highest BCUT2D eigenvalue weighted by molar-refractivity contribution is 7.89. The average Bonchev–Trinajstić information content (AvgIpc) is 2.87. The van der Waals surface area contributed by atoms with Crippen molar-refractivity contribution in [2.24, 2.45) is 0 Å². The molecule has 1 atom stereocenters. The lowest BCUT2D eigenvalue weighted by atomic mass is 10.1. The normalized spacial score (nSPS) is 18.0. The Hall–Kier alpha value is -2.58. The third-order valence-electron chi connectivity index (χ3n) is 6.24. The maximum absolute atomic E-state index is 14.0. The molecule has 1 amide bonds. The molecule has 0 fully saturated rings. The maximum atomic E-state index is 14.0. The summed E-state index contributed by atoms with van der Waals surface area (Å²) in [7, 11) is -2.28. The summed E-state index contributed by atoms with van der Waals surface area (Å²) in [6, 6.07) is 20.8. The maximum Gasteiger partial charge on any atom is 0.257 e. The van der Waals surface area contributed by atoms with Gasteiger partial charge in [-0.1, -0.05) is 71.7 Å². The summed E-state index contributed by atoms with van der Waals surface area (Å²) in [6.45, 7) is 0.790. The van der Waals surface area contributed by atoms with Crippen LogP contribution in [0.4, 0.5) is 0 Å². The molecule has 190 valence electrons. The number of fused-ring (bicyclic) bond motifs is 1. The summed E-state index contributed by atoms with van der Waals surface area (Å²) in [5.41, 5.74) is 1.42. The number of benzene rings is 3. The van der Waals surface area contributed by atoms with Crippen LogP contribution in [0.2, 0.25) is 10.0 Å². The van der Waals surface area contributed by atoms with Crippen molar-refractivity contribution in [3.8, 4) is 5.75 Å². The minimum atomic E-state index is -4.02. The van der Waals surface area contributed by atoms with Gasteiger partial charge in [-0.25, -0.2) is 8.42 Å². The number of hydrogen-bond acceptors (Lipinski definition) is 4. The molecule has 36 heavy (non-hydrogen) atoms. The Morgan fingerprint density at radius 1 is 0.917 bits per heavy atom. The molecule has 4 rings (SSSR count). The van der Waals surface area contributed by atoms with Crippen LogP contribution >= 0.6 is 23.2 Å². The zero-order valence-corrected chi connectivity index (χ0v) is 22.3. The molecule has 3 aromatic rings. The zero-order valence-electron chi connectivity index (χ0n) is 19.9.